The monoisotopic (exact) mass is 472 g/mol. The zero-order valence-corrected chi connectivity index (χ0v) is 18.7. The second kappa shape index (κ2) is 8.79. The lowest BCUT2D eigenvalue weighted by Crippen LogP contribution is -2.35. The molecule has 0 aliphatic rings. The van der Waals surface area contributed by atoms with Gasteiger partial charge in [0.1, 0.15) is 11.5 Å². The Labute approximate surface area is 182 Å². The van der Waals surface area contributed by atoms with Gasteiger partial charge in [-0.3, -0.25) is 9.59 Å². The summed E-state index contributed by atoms with van der Waals surface area (Å²) in [6, 6.07) is 10.1. The third-order valence-electron chi connectivity index (χ3n) is 4.64. The molecule has 1 heterocycles. The van der Waals surface area contributed by atoms with Crippen LogP contribution in [0.5, 0.6) is 0 Å². The minimum Gasteiger partial charge on any atom is -0.331 e. The number of rotatable bonds is 5. The van der Waals surface area contributed by atoms with E-state index >= 15 is 0 Å². The molecule has 0 spiro atoms. The zero-order valence-electron chi connectivity index (χ0n) is 17.2. The third kappa shape index (κ3) is 4.59. The van der Waals surface area contributed by atoms with Crippen molar-refractivity contribution in [2.75, 3.05) is 18.9 Å². The Morgan fingerprint density at radius 3 is 2.43 bits per heavy atom. The maximum atomic E-state index is 14.0. The number of hydrogen-bond donors (Lipinski definition) is 1. The average Bonchev–Trinajstić information content (AvgIpc) is 3.05. The Balaban J connectivity index is 1.74. The topological polar surface area (TPSA) is 67.2 Å². The highest BCUT2D eigenvalue weighted by molar-refractivity contribution is 9.10. The van der Waals surface area contributed by atoms with Gasteiger partial charge in [0.15, 0.2) is 5.69 Å². The molecule has 2 aromatic carbocycles. The molecule has 0 saturated carbocycles. The highest BCUT2D eigenvalue weighted by Gasteiger charge is 2.22. The molecule has 0 aliphatic heterocycles. The molecule has 30 heavy (non-hydrogen) atoms. The van der Waals surface area contributed by atoms with Gasteiger partial charge in [-0.15, -0.1) is 0 Å². The van der Waals surface area contributed by atoms with Crippen LogP contribution in [0.15, 0.2) is 47.1 Å². The minimum atomic E-state index is -0.455. The van der Waals surface area contributed by atoms with E-state index in [0.29, 0.717) is 4.47 Å². The zero-order chi connectivity index (χ0) is 22.0. The minimum absolute atomic E-state index is 0.0938. The molecule has 3 aromatic rings. The first-order chi connectivity index (χ1) is 14.2. The van der Waals surface area contributed by atoms with Crippen molar-refractivity contribution in [1.82, 2.24) is 14.7 Å². The maximum Gasteiger partial charge on any atom is 0.275 e. The number of anilines is 1. The van der Waals surface area contributed by atoms with Crippen LogP contribution in [0.25, 0.3) is 5.69 Å². The standard InChI is InChI=1S/C22H22BrFN4O2/c1-13-9-14(2)20(15(3)10-13)25-19(29)12-27(4)22(30)21-16(23)11-28(26-21)18-8-6-5-7-17(18)24/h5-11H,12H2,1-4H3,(H,25,29). The van der Waals surface area contributed by atoms with E-state index in [9.17, 15) is 14.0 Å². The fourth-order valence-corrected chi connectivity index (χ4v) is 3.73. The van der Waals surface area contributed by atoms with E-state index in [1.807, 2.05) is 32.9 Å². The first-order valence-corrected chi connectivity index (χ1v) is 10.1. The van der Waals surface area contributed by atoms with Gasteiger partial charge in [0.25, 0.3) is 5.91 Å². The van der Waals surface area contributed by atoms with E-state index < -0.39 is 11.7 Å². The molecule has 0 atom stereocenters. The number of carbonyl (C=O) groups is 2. The summed E-state index contributed by atoms with van der Waals surface area (Å²) in [5.41, 5.74) is 4.10. The number of benzene rings is 2. The van der Waals surface area contributed by atoms with Gasteiger partial charge in [0, 0.05) is 18.9 Å². The summed E-state index contributed by atoms with van der Waals surface area (Å²) in [4.78, 5) is 26.6. The van der Waals surface area contributed by atoms with Gasteiger partial charge < -0.3 is 10.2 Å². The van der Waals surface area contributed by atoms with Crippen LogP contribution in [-0.4, -0.2) is 40.1 Å². The largest absolute Gasteiger partial charge is 0.331 e. The van der Waals surface area contributed by atoms with Crippen molar-refractivity contribution < 1.29 is 14.0 Å². The predicted molar refractivity (Wildman–Crippen MR) is 117 cm³/mol. The summed E-state index contributed by atoms with van der Waals surface area (Å²) in [7, 11) is 1.52. The van der Waals surface area contributed by atoms with Crippen LogP contribution in [0.2, 0.25) is 0 Å². The molecular weight excluding hydrogens is 451 g/mol. The summed E-state index contributed by atoms with van der Waals surface area (Å²) < 4.78 is 15.7. The molecular formula is C22H22BrFN4O2. The molecule has 0 fully saturated rings. The van der Waals surface area contributed by atoms with Crippen LogP contribution in [0.4, 0.5) is 10.1 Å². The SMILES string of the molecule is Cc1cc(C)c(NC(=O)CN(C)C(=O)c2nn(-c3ccccc3F)cc2Br)c(C)c1. The summed E-state index contributed by atoms with van der Waals surface area (Å²) in [6.07, 6.45) is 1.51. The van der Waals surface area contributed by atoms with Gasteiger partial charge in [0.05, 0.1) is 11.0 Å². The molecule has 0 radical (unpaired) electrons. The number of aromatic nitrogens is 2. The summed E-state index contributed by atoms with van der Waals surface area (Å²) >= 11 is 3.30. The Hall–Kier alpha value is -3.00. The number of aryl methyl sites for hydroxylation is 3. The molecule has 1 aromatic heterocycles. The predicted octanol–water partition coefficient (Wildman–Crippen LogP) is 4.41. The van der Waals surface area contributed by atoms with Crippen LogP contribution in [0.1, 0.15) is 27.2 Å². The van der Waals surface area contributed by atoms with E-state index in [4.69, 9.17) is 0 Å². The van der Waals surface area contributed by atoms with Crippen LogP contribution in [0.3, 0.4) is 0 Å². The normalized spacial score (nSPS) is 10.7. The van der Waals surface area contributed by atoms with Crippen LogP contribution >= 0.6 is 15.9 Å². The molecule has 6 nitrogen and oxygen atoms in total. The highest BCUT2D eigenvalue weighted by atomic mass is 79.9. The molecule has 0 unspecified atom stereocenters. The number of carbonyl (C=O) groups excluding carboxylic acids is 2. The van der Waals surface area contributed by atoms with Crippen molar-refractivity contribution in [3.63, 3.8) is 0 Å². The fraction of sp³-hybridized carbons (Fsp3) is 0.227. The lowest BCUT2D eigenvalue weighted by atomic mass is 10.1. The van der Waals surface area contributed by atoms with Crippen molar-refractivity contribution in [2.45, 2.75) is 20.8 Å². The van der Waals surface area contributed by atoms with Gasteiger partial charge in [-0.25, -0.2) is 9.07 Å². The number of hydrogen-bond acceptors (Lipinski definition) is 3. The van der Waals surface area contributed by atoms with E-state index in [2.05, 4.69) is 26.3 Å². The Kier molecular flexibility index (Phi) is 6.36. The molecule has 1 N–H and O–H groups in total. The summed E-state index contributed by atoms with van der Waals surface area (Å²) in [6.45, 7) is 5.70. The number of nitrogens with zero attached hydrogens (tertiary/aromatic N) is 3. The van der Waals surface area contributed by atoms with Crippen molar-refractivity contribution in [3.05, 3.63) is 75.3 Å². The average molecular weight is 473 g/mol. The Morgan fingerprint density at radius 1 is 1.17 bits per heavy atom. The number of nitrogens with one attached hydrogen (secondary N) is 1. The van der Waals surface area contributed by atoms with Gasteiger partial charge in [-0.1, -0.05) is 29.8 Å². The third-order valence-corrected chi connectivity index (χ3v) is 5.22. The van der Waals surface area contributed by atoms with Crippen molar-refractivity contribution >= 4 is 33.4 Å². The molecule has 3 rings (SSSR count). The van der Waals surface area contributed by atoms with Gasteiger partial charge >= 0.3 is 0 Å². The smallest absolute Gasteiger partial charge is 0.275 e. The van der Waals surface area contributed by atoms with Gasteiger partial charge in [0.2, 0.25) is 5.91 Å². The van der Waals surface area contributed by atoms with E-state index in [-0.39, 0.29) is 23.8 Å². The number of likely N-dealkylation sites (N-methyl/N-ethyl adjacent to an activating group) is 1. The van der Waals surface area contributed by atoms with E-state index in [0.717, 1.165) is 22.4 Å². The Morgan fingerprint density at radius 2 is 1.80 bits per heavy atom. The number of halogens is 2. The van der Waals surface area contributed by atoms with Gasteiger partial charge in [-0.05, 0) is 60.0 Å². The Bertz CT molecular complexity index is 1100. The van der Waals surface area contributed by atoms with E-state index in [1.54, 1.807) is 18.2 Å². The molecule has 156 valence electrons. The molecule has 0 aliphatic carbocycles. The molecule has 0 saturated heterocycles. The second-order valence-corrected chi connectivity index (χ2v) is 8.06. The number of para-hydroxylation sites is 1. The molecule has 0 bridgehead atoms. The second-order valence-electron chi connectivity index (χ2n) is 7.20. The van der Waals surface area contributed by atoms with Gasteiger partial charge in [-0.2, -0.15) is 5.10 Å². The number of amides is 2. The van der Waals surface area contributed by atoms with Crippen LogP contribution in [0, 0.1) is 26.6 Å². The summed E-state index contributed by atoms with van der Waals surface area (Å²) in [5, 5.41) is 7.07. The summed E-state index contributed by atoms with van der Waals surface area (Å²) in [5.74, 6) is -1.22. The van der Waals surface area contributed by atoms with Crippen LogP contribution < -0.4 is 5.32 Å². The first-order valence-electron chi connectivity index (χ1n) is 9.30. The molecule has 2 amide bonds. The van der Waals surface area contributed by atoms with Crippen molar-refractivity contribution in [2.24, 2.45) is 0 Å². The fourth-order valence-electron chi connectivity index (χ4n) is 3.28. The first kappa shape index (κ1) is 21.7. The van der Waals surface area contributed by atoms with E-state index in [1.165, 1.54) is 28.9 Å². The molecule has 8 heteroatoms. The maximum absolute atomic E-state index is 14.0. The lowest BCUT2D eigenvalue weighted by Gasteiger charge is -2.18. The lowest BCUT2D eigenvalue weighted by molar-refractivity contribution is -0.116. The van der Waals surface area contributed by atoms with Crippen LogP contribution in [-0.2, 0) is 4.79 Å². The quantitative estimate of drug-likeness (QED) is 0.597. The highest BCUT2D eigenvalue weighted by Crippen LogP contribution is 2.23. The van der Waals surface area contributed by atoms with Crippen molar-refractivity contribution in [1.29, 1.82) is 0 Å². The van der Waals surface area contributed by atoms with Crippen molar-refractivity contribution in [3.8, 4) is 5.69 Å².